The van der Waals surface area contributed by atoms with Gasteiger partial charge in [-0.05, 0) is 35.3 Å². The summed E-state index contributed by atoms with van der Waals surface area (Å²) in [5, 5.41) is 1.11. The van der Waals surface area contributed by atoms with Gasteiger partial charge in [0.1, 0.15) is 0 Å². The lowest BCUT2D eigenvalue weighted by Crippen LogP contribution is -2.43. The van der Waals surface area contributed by atoms with Crippen LogP contribution in [0.4, 0.5) is 0 Å². The second-order valence-electron chi connectivity index (χ2n) is 11.6. The number of carbonyl (C=O) groups is 2. The molecule has 5 rings (SSSR count). The summed E-state index contributed by atoms with van der Waals surface area (Å²) in [5.74, 6) is 0.0695. The first-order valence-electron chi connectivity index (χ1n) is 12.0. The van der Waals surface area contributed by atoms with Gasteiger partial charge < -0.3 is 9.47 Å². The lowest BCUT2D eigenvalue weighted by molar-refractivity contribution is -0.119. The van der Waals surface area contributed by atoms with Crippen molar-refractivity contribution < 1.29 is 9.59 Å². The van der Waals surface area contributed by atoms with E-state index in [-0.39, 0.29) is 28.3 Å². The third kappa shape index (κ3) is 3.42. The highest BCUT2D eigenvalue weighted by Gasteiger charge is 2.48. The Morgan fingerprint density at radius 1 is 0.939 bits per heavy atom. The minimum atomic E-state index is -0.297. The molecule has 0 atom stereocenters. The van der Waals surface area contributed by atoms with E-state index in [9.17, 15) is 9.59 Å². The van der Waals surface area contributed by atoms with Gasteiger partial charge in [-0.3, -0.25) is 9.59 Å². The highest BCUT2D eigenvalue weighted by atomic mass is 16.1. The number of Topliss-reactive ketones (excluding diaryl/α,β-unsaturated/α-hetero) is 2. The van der Waals surface area contributed by atoms with Crippen molar-refractivity contribution >= 4 is 22.5 Å². The van der Waals surface area contributed by atoms with Gasteiger partial charge in [0.25, 0.3) is 0 Å². The van der Waals surface area contributed by atoms with E-state index in [1.165, 1.54) is 0 Å². The Hall–Kier alpha value is -2.88. The van der Waals surface area contributed by atoms with Crippen LogP contribution in [-0.4, -0.2) is 28.1 Å². The summed E-state index contributed by atoms with van der Waals surface area (Å²) >= 11 is 0. The first kappa shape index (κ1) is 21.9. The standard InChI is InChI=1S/C29H34N2O2/c1-7-12-31-17-19(18-10-8-9-11-20(18)31)25-26-21(13-28(2,3)15-23(26)32)30(6)22-14-29(4,5)16-24(33)27(22)25/h7-11,17,25H,1,12-16H2,2-6H3. The first-order valence-corrected chi connectivity index (χ1v) is 12.0. The number of aromatic nitrogens is 1. The van der Waals surface area contributed by atoms with Crippen LogP contribution in [0.15, 0.2) is 65.7 Å². The molecule has 2 aromatic rings. The van der Waals surface area contributed by atoms with Crippen LogP contribution in [0.2, 0.25) is 0 Å². The van der Waals surface area contributed by atoms with Crippen molar-refractivity contribution in [2.24, 2.45) is 10.8 Å². The van der Waals surface area contributed by atoms with Gasteiger partial charge in [-0.1, -0.05) is 52.0 Å². The van der Waals surface area contributed by atoms with Gasteiger partial charge in [-0.25, -0.2) is 0 Å². The molecule has 33 heavy (non-hydrogen) atoms. The molecule has 3 aliphatic rings. The second kappa shape index (κ2) is 7.31. The van der Waals surface area contributed by atoms with Crippen molar-refractivity contribution in [3.05, 3.63) is 71.2 Å². The number of rotatable bonds is 3. The molecule has 172 valence electrons. The molecule has 0 saturated carbocycles. The fraction of sp³-hybridized carbons (Fsp3) is 0.448. The van der Waals surface area contributed by atoms with Crippen molar-refractivity contribution in [3.63, 3.8) is 0 Å². The maximum Gasteiger partial charge on any atom is 0.162 e. The molecule has 0 amide bonds. The van der Waals surface area contributed by atoms with Gasteiger partial charge >= 0.3 is 0 Å². The van der Waals surface area contributed by atoms with E-state index in [1.807, 2.05) is 18.2 Å². The molecule has 0 bridgehead atoms. The van der Waals surface area contributed by atoms with E-state index in [1.54, 1.807) is 0 Å². The average Bonchev–Trinajstić information content (AvgIpc) is 3.07. The van der Waals surface area contributed by atoms with E-state index < -0.39 is 0 Å². The quantitative estimate of drug-likeness (QED) is 0.536. The predicted molar refractivity (Wildman–Crippen MR) is 133 cm³/mol. The predicted octanol–water partition coefficient (Wildman–Crippen LogP) is 6.14. The third-order valence-corrected chi connectivity index (χ3v) is 7.64. The Morgan fingerprint density at radius 3 is 2.03 bits per heavy atom. The van der Waals surface area contributed by atoms with Crippen molar-refractivity contribution in [1.29, 1.82) is 0 Å². The van der Waals surface area contributed by atoms with E-state index in [4.69, 9.17) is 0 Å². The highest BCUT2D eigenvalue weighted by molar-refractivity contribution is 6.08. The number of hydrogen-bond acceptors (Lipinski definition) is 3. The SMILES string of the molecule is C=CCn1cc(C2C3=C(CC(C)(C)CC3=O)N(C)C3=C2C(=O)CC(C)(C)C3)c2ccccc21. The van der Waals surface area contributed by atoms with E-state index >= 15 is 0 Å². The van der Waals surface area contributed by atoms with Crippen molar-refractivity contribution in [2.75, 3.05) is 7.05 Å². The number of carbonyl (C=O) groups excluding carboxylic acids is 2. The number of ketones is 2. The van der Waals surface area contributed by atoms with Gasteiger partial charge in [0.2, 0.25) is 0 Å². The summed E-state index contributed by atoms with van der Waals surface area (Å²) in [4.78, 5) is 29.6. The Balaban J connectivity index is 1.82. The number of nitrogens with zero attached hydrogens (tertiary/aromatic N) is 2. The molecule has 1 aliphatic heterocycles. The van der Waals surface area contributed by atoms with Gasteiger partial charge in [0, 0.05) is 72.0 Å². The van der Waals surface area contributed by atoms with Gasteiger partial charge in [0.15, 0.2) is 11.6 Å². The van der Waals surface area contributed by atoms with Crippen LogP contribution in [0.25, 0.3) is 10.9 Å². The van der Waals surface area contributed by atoms with Crippen molar-refractivity contribution in [3.8, 4) is 0 Å². The van der Waals surface area contributed by atoms with E-state index in [2.05, 4.69) is 69.1 Å². The molecular formula is C29H34N2O2. The number of allylic oxidation sites excluding steroid dienone is 5. The maximum atomic E-state index is 13.7. The topological polar surface area (TPSA) is 42.3 Å². The Morgan fingerprint density at radius 2 is 1.48 bits per heavy atom. The summed E-state index contributed by atoms with van der Waals surface area (Å²) in [7, 11) is 2.06. The number of benzene rings is 1. The van der Waals surface area contributed by atoms with Crippen LogP contribution in [0.1, 0.15) is 64.9 Å². The molecular weight excluding hydrogens is 408 g/mol. The zero-order chi connectivity index (χ0) is 23.7. The molecule has 0 saturated heterocycles. The first-order chi connectivity index (χ1) is 15.5. The summed E-state index contributed by atoms with van der Waals surface area (Å²) in [5.41, 5.74) is 5.90. The molecule has 0 spiro atoms. The minimum absolute atomic E-state index is 0.0855. The molecule has 4 heteroatoms. The Kier molecular flexibility index (Phi) is 4.86. The largest absolute Gasteiger partial charge is 0.351 e. The van der Waals surface area contributed by atoms with Crippen molar-refractivity contribution in [1.82, 2.24) is 9.47 Å². The summed E-state index contributed by atoms with van der Waals surface area (Å²) in [6, 6.07) is 8.32. The van der Waals surface area contributed by atoms with Gasteiger partial charge in [-0.2, -0.15) is 0 Å². The molecule has 2 aliphatic carbocycles. The average molecular weight is 443 g/mol. The Labute approximate surface area is 196 Å². The van der Waals surface area contributed by atoms with Crippen LogP contribution in [0.3, 0.4) is 0 Å². The summed E-state index contributed by atoms with van der Waals surface area (Å²) in [6.45, 7) is 13.3. The Bertz CT molecular complexity index is 1210. The monoisotopic (exact) mass is 442 g/mol. The molecule has 0 radical (unpaired) electrons. The fourth-order valence-electron chi connectivity index (χ4n) is 6.27. The van der Waals surface area contributed by atoms with E-state index in [0.29, 0.717) is 19.4 Å². The smallest absolute Gasteiger partial charge is 0.162 e. The van der Waals surface area contributed by atoms with Crippen LogP contribution in [0.5, 0.6) is 0 Å². The van der Waals surface area contributed by atoms with Gasteiger partial charge in [0.05, 0.1) is 0 Å². The van der Waals surface area contributed by atoms with Gasteiger partial charge in [-0.15, -0.1) is 6.58 Å². The number of hydrogen-bond donors (Lipinski definition) is 0. The minimum Gasteiger partial charge on any atom is -0.351 e. The summed E-state index contributed by atoms with van der Waals surface area (Å²) in [6.07, 6.45) is 6.77. The third-order valence-electron chi connectivity index (χ3n) is 7.64. The second-order valence-corrected chi connectivity index (χ2v) is 11.6. The van der Waals surface area contributed by atoms with Crippen LogP contribution in [-0.2, 0) is 16.1 Å². The normalized spacial score (nSPS) is 22.6. The molecule has 0 fully saturated rings. The van der Waals surface area contributed by atoms with Crippen LogP contribution >= 0.6 is 0 Å². The molecule has 0 unspecified atom stereocenters. The maximum absolute atomic E-state index is 13.7. The zero-order valence-electron chi connectivity index (χ0n) is 20.5. The summed E-state index contributed by atoms with van der Waals surface area (Å²) < 4.78 is 2.19. The van der Waals surface area contributed by atoms with Crippen LogP contribution in [0, 0.1) is 10.8 Å². The number of fused-ring (bicyclic) bond motifs is 1. The molecule has 1 aromatic carbocycles. The molecule has 4 nitrogen and oxygen atoms in total. The van der Waals surface area contributed by atoms with Crippen molar-refractivity contribution in [2.45, 2.75) is 65.8 Å². The number of para-hydroxylation sites is 1. The molecule has 2 heterocycles. The lowest BCUT2D eigenvalue weighted by Gasteiger charge is -2.47. The lowest BCUT2D eigenvalue weighted by atomic mass is 9.64. The molecule has 0 N–H and O–H groups in total. The van der Waals surface area contributed by atoms with E-state index in [0.717, 1.165) is 51.8 Å². The van der Waals surface area contributed by atoms with Crippen LogP contribution < -0.4 is 0 Å². The highest BCUT2D eigenvalue weighted by Crippen LogP contribution is 2.54. The fourth-order valence-corrected chi connectivity index (χ4v) is 6.27. The zero-order valence-corrected chi connectivity index (χ0v) is 20.5. The molecule has 1 aromatic heterocycles.